The largest absolute Gasteiger partial charge is 0.340 e. The van der Waals surface area contributed by atoms with E-state index in [1.54, 1.807) is 0 Å². The summed E-state index contributed by atoms with van der Waals surface area (Å²) in [6, 6.07) is 8.08. The molecule has 3 heterocycles. The Labute approximate surface area is 188 Å². The summed E-state index contributed by atoms with van der Waals surface area (Å²) in [6.07, 6.45) is 2.62. The summed E-state index contributed by atoms with van der Waals surface area (Å²) in [6.45, 7) is 10.2. The van der Waals surface area contributed by atoms with Crippen molar-refractivity contribution in [3.63, 3.8) is 0 Å². The van der Waals surface area contributed by atoms with E-state index >= 15 is 4.39 Å². The van der Waals surface area contributed by atoms with E-state index in [0.717, 1.165) is 65.6 Å². The number of H-pyrrole nitrogens is 1. The zero-order valence-corrected chi connectivity index (χ0v) is 19.7. The predicted octanol–water partition coefficient (Wildman–Crippen LogP) is 6.04. The van der Waals surface area contributed by atoms with Crippen LogP contribution in [-0.4, -0.2) is 34.6 Å². The van der Waals surface area contributed by atoms with Crippen molar-refractivity contribution >= 4 is 32.8 Å². The molecular weight excluding hydrogens is 401 g/mol. The van der Waals surface area contributed by atoms with Gasteiger partial charge in [0.1, 0.15) is 5.65 Å². The van der Waals surface area contributed by atoms with E-state index < -0.39 is 0 Å². The first-order chi connectivity index (χ1) is 15.3. The molecule has 4 aromatic rings. The lowest BCUT2D eigenvalue weighted by atomic mass is 9.84. The minimum atomic E-state index is -0.198. The van der Waals surface area contributed by atoms with E-state index in [9.17, 15) is 4.79 Å². The number of nitrogens with one attached hydrogen (secondary N) is 1. The predicted molar refractivity (Wildman–Crippen MR) is 132 cm³/mol. The third-order valence-corrected chi connectivity index (χ3v) is 7.28. The highest BCUT2D eigenvalue weighted by Gasteiger charge is 2.28. The molecule has 0 amide bonds. The molecule has 0 radical (unpaired) electrons. The number of hydrogen-bond donors (Lipinski definition) is 1. The van der Waals surface area contributed by atoms with E-state index in [4.69, 9.17) is 0 Å². The number of piperidine rings is 1. The van der Waals surface area contributed by atoms with Crippen LogP contribution < -0.4 is 5.43 Å². The normalized spacial score (nSPS) is 16.2. The molecule has 0 saturated carbocycles. The SMILES string of the molecule is CCc1cc2c(=O)c3c4ccc(C)cc4[nH]c3n(C(C)C)c2c(F)c1C1CCN(C)CC1. The van der Waals surface area contributed by atoms with Gasteiger partial charge >= 0.3 is 0 Å². The number of hydrogen-bond acceptors (Lipinski definition) is 2. The van der Waals surface area contributed by atoms with Gasteiger partial charge in [-0.25, -0.2) is 4.39 Å². The molecule has 168 valence electrons. The Hall–Kier alpha value is -2.66. The quantitative estimate of drug-likeness (QED) is 0.428. The smallest absolute Gasteiger partial charge is 0.199 e. The van der Waals surface area contributed by atoms with Crippen molar-refractivity contribution < 1.29 is 4.39 Å². The molecule has 2 aromatic heterocycles. The Balaban J connectivity index is 1.92. The molecule has 1 aliphatic rings. The highest BCUT2D eigenvalue weighted by atomic mass is 19.1. The summed E-state index contributed by atoms with van der Waals surface area (Å²) >= 11 is 0. The van der Waals surface area contributed by atoms with Gasteiger partial charge in [-0.15, -0.1) is 0 Å². The van der Waals surface area contributed by atoms with E-state index in [2.05, 4.69) is 43.8 Å². The second kappa shape index (κ2) is 7.73. The molecule has 0 aliphatic carbocycles. The maximum atomic E-state index is 16.5. The third-order valence-electron chi connectivity index (χ3n) is 7.28. The van der Waals surface area contributed by atoms with E-state index in [1.165, 1.54) is 0 Å². The zero-order valence-electron chi connectivity index (χ0n) is 19.7. The van der Waals surface area contributed by atoms with Gasteiger partial charge in [-0.3, -0.25) is 4.79 Å². The first-order valence-electron chi connectivity index (χ1n) is 11.8. The van der Waals surface area contributed by atoms with Crippen molar-refractivity contribution in [2.24, 2.45) is 0 Å². The lowest BCUT2D eigenvalue weighted by Gasteiger charge is -2.31. The highest BCUT2D eigenvalue weighted by molar-refractivity contribution is 6.10. The summed E-state index contributed by atoms with van der Waals surface area (Å²) in [5.41, 5.74) is 4.95. The summed E-state index contributed by atoms with van der Waals surface area (Å²) < 4.78 is 18.5. The van der Waals surface area contributed by atoms with Crippen LogP contribution in [0.4, 0.5) is 4.39 Å². The van der Waals surface area contributed by atoms with E-state index in [0.29, 0.717) is 16.3 Å². The van der Waals surface area contributed by atoms with Gasteiger partial charge in [0.2, 0.25) is 0 Å². The third kappa shape index (κ3) is 3.09. The van der Waals surface area contributed by atoms with Crippen molar-refractivity contribution in [1.29, 1.82) is 0 Å². The fourth-order valence-electron chi connectivity index (χ4n) is 5.62. The standard InChI is InChI=1S/C27H32FN3O/c1-6-17-14-20-25(24(28)22(17)18-9-11-30(5)12-10-18)31(15(2)3)27-23(26(20)32)19-8-7-16(4)13-21(19)29-27/h7-8,13-15,18,29H,6,9-12H2,1-5H3. The van der Waals surface area contributed by atoms with Gasteiger partial charge in [0.15, 0.2) is 11.2 Å². The molecule has 1 saturated heterocycles. The fourth-order valence-corrected chi connectivity index (χ4v) is 5.62. The number of halogens is 1. The molecule has 0 spiro atoms. The first kappa shape index (κ1) is 21.2. The van der Waals surface area contributed by atoms with Gasteiger partial charge in [-0.1, -0.05) is 19.1 Å². The Morgan fingerprint density at radius 3 is 2.53 bits per heavy atom. The molecule has 5 rings (SSSR count). The van der Waals surface area contributed by atoms with Gasteiger partial charge in [0, 0.05) is 22.3 Å². The fraction of sp³-hybridized carbons (Fsp3) is 0.444. The molecule has 32 heavy (non-hydrogen) atoms. The Morgan fingerprint density at radius 2 is 1.88 bits per heavy atom. The van der Waals surface area contributed by atoms with Crippen molar-refractivity contribution in [1.82, 2.24) is 14.5 Å². The monoisotopic (exact) mass is 433 g/mol. The van der Waals surface area contributed by atoms with Crippen LogP contribution in [0.1, 0.15) is 62.3 Å². The van der Waals surface area contributed by atoms with Crippen molar-refractivity contribution in [3.05, 3.63) is 57.0 Å². The minimum Gasteiger partial charge on any atom is -0.340 e. The second-order valence-corrected chi connectivity index (χ2v) is 9.78. The maximum Gasteiger partial charge on any atom is 0.199 e. The molecular formula is C27H32FN3O. The summed E-state index contributed by atoms with van der Waals surface area (Å²) in [7, 11) is 2.12. The Bertz CT molecular complexity index is 1400. The Kier molecular flexibility index (Phi) is 5.12. The van der Waals surface area contributed by atoms with Crippen molar-refractivity contribution in [3.8, 4) is 0 Å². The molecule has 2 aromatic carbocycles. The highest BCUT2D eigenvalue weighted by Crippen LogP contribution is 2.38. The topological polar surface area (TPSA) is 41.0 Å². The van der Waals surface area contributed by atoms with Gasteiger partial charge in [0.05, 0.1) is 10.9 Å². The number of aryl methyl sites for hydroxylation is 2. The molecule has 1 N–H and O–H groups in total. The van der Waals surface area contributed by atoms with Crippen LogP contribution in [0.25, 0.3) is 32.8 Å². The van der Waals surface area contributed by atoms with E-state index in [1.807, 2.05) is 29.7 Å². The number of nitrogens with zero attached hydrogens (tertiary/aromatic N) is 2. The van der Waals surface area contributed by atoms with Crippen LogP contribution in [0.3, 0.4) is 0 Å². The van der Waals surface area contributed by atoms with Crippen LogP contribution in [-0.2, 0) is 6.42 Å². The molecule has 5 heteroatoms. The molecule has 1 aliphatic heterocycles. The molecule has 1 fully saturated rings. The number of likely N-dealkylation sites (tertiary alicyclic amines) is 1. The van der Waals surface area contributed by atoms with Crippen LogP contribution in [0.15, 0.2) is 29.1 Å². The van der Waals surface area contributed by atoms with E-state index in [-0.39, 0.29) is 23.2 Å². The average Bonchev–Trinajstić information content (AvgIpc) is 3.13. The average molecular weight is 434 g/mol. The first-order valence-corrected chi connectivity index (χ1v) is 11.8. The molecule has 0 unspecified atom stereocenters. The maximum absolute atomic E-state index is 16.5. The number of aromatic amines is 1. The van der Waals surface area contributed by atoms with Gasteiger partial charge in [-0.05, 0) is 94.9 Å². The van der Waals surface area contributed by atoms with Crippen LogP contribution >= 0.6 is 0 Å². The number of rotatable bonds is 3. The number of pyridine rings is 1. The van der Waals surface area contributed by atoms with Crippen molar-refractivity contribution in [2.75, 3.05) is 20.1 Å². The minimum absolute atomic E-state index is 0.00192. The number of benzene rings is 2. The van der Waals surface area contributed by atoms with Crippen LogP contribution in [0, 0.1) is 12.7 Å². The van der Waals surface area contributed by atoms with Crippen LogP contribution in [0.2, 0.25) is 0 Å². The number of fused-ring (bicyclic) bond motifs is 4. The summed E-state index contributed by atoms with van der Waals surface area (Å²) in [5.74, 6) is -0.00114. The molecule has 0 bridgehead atoms. The summed E-state index contributed by atoms with van der Waals surface area (Å²) in [4.78, 5) is 19.5. The van der Waals surface area contributed by atoms with Crippen LogP contribution in [0.5, 0.6) is 0 Å². The van der Waals surface area contributed by atoms with Crippen molar-refractivity contribution in [2.45, 2.75) is 58.9 Å². The zero-order chi connectivity index (χ0) is 22.7. The van der Waals surface area contributed by atoms with Gasteiger partial charge in [-0.2, -0.15) is 0 Å². The number of aromatic nitrogens is 2. The van der Waals surface area contributed by atoms with Gasteiger partial charge in [0.25, 0.3) is 0 Å². The lowest BCUT2D eigenvalue weighted by Crippen LogP contribution is -2.30. The molecule has 0 atom stereocenters. The lowest BCUT2D eigenvalue weighted by molar-refractivity contribution is 0.252. The van der Waals surface area contributed by atoms with Gasteiger partial charge < -0.3 is 14.5 Å². The molecule has 4 nitrogen and oxygen atoms in total. The second-order valence-electron chi connectivity index (χ2n) is 9.78. The Morgan fingerprint density at radius 1 is 1.16 bits per heavy atom. The summed E-state index contributed by atoms with van der Waals surface area (Å²) in [5, 5.41) is 2.07.